The highest BCUT2D eigenvalue weighted by molar-refractivity contribution is 5.99. The summed E-state index contributed by atoms with van der Waals surface area (Å²) in [5.41, 5.74) is 1.34. The van der Waals surface area contributed by atoms with Crippen molar-refractivity contribution in [3.63, 3.8) is 0 Å². The largest absolute Gasteiger partial charge is 0.478 e. The molecule has 0 spiro atoms. The van der Waals surface area contributed by atoms with Gasteiger partial charge in [-0.1, -0.05) is 19.1 Å². The number of aromatic carboxylic acids is 1. The number of carbonyl (C=O) groups excluding carboxylic acids is 1. The lowest BCUT2D eigenvalue weighted by molar-refractivity contribution is 0.0696. The van der Waals surface area contributed by atoms with Crippen LogP contribution in [0.25, 0.3) is 0 Å². The molecular weight excluding hydrogens is 180 g/mol. The normalized spacial score (nSPS) is 9.86. The lowest BCUT2D eigenvalue weighted by atomic mass is 10.0. The van der Waals surface area contributed by atoms with E-state index >= 15 is 0 Å². The van der Waals surface area contributed by atoms with Crippen LogP contribution in [0.3, 0.4) is 0 Å². The Kier molecular flexibility index (Phi) is 3.02. The van der Waals surface area contributed by atoms with Crippen molar-refractivity contribution in [2.24, 2.45) is 0 Å². The van der Waals surface area contributed by atoms with Crippen LogP contribution in [0.2, 0.25) is 0 Å². The van der Waals surface area contributed by atoms with Crippen molar-refractivity contribution in [3.8, 4) is 0 Å². The molecule has 74 valence electrons. The summed E-state index contributed by atoms with van der Waals surface area (Å²) in [6.07, 6.45) is 0.391. The molecule has 0 fully saturated rings. The highest BCUT2D eigenvalue weighted by Gasteiger charge is 2.10. The van der Waals surface area contributed by atoms with Gasteiger partial charge in [0, 0.05) is 12.0 Å². The average molecular weight is 192 g/mol. The average Bonchev–Trinajstić information content (AvgIpc) is 2.17. The first kappa shape index (κ1) is 10.4. The summed E-state index contributed by atoms with van der Waals surface area (Å²) in [4.78, 5) is 22.1. The van der Waals surface area contributed by atoms with Crippen molar-refractivity contribution >= 4 is 11.8 Å². The fraction of sp³-hybridized carbons (Fsp3) is 0.273. The predicted octanol–water partition coefficient (Wildman–Crippen LogP) is 2.29. The molecule has 0 aliphatic rings. The maximum absolute atomic E-state index is 11.3. The number of hydrogen-bond acceptors (Lipinski definition) is 2. The third kappa shape index (κ3) is 1.99. The van der Waals surface area contributed by atoms with E-state index in [2.05, 4.69) is 0 Å². The number of carbonyl (C=O) groups is 2. The topological polar surface area (TPSA) is 54.4 Å². The number of carboxylic acid groups (broad SMARTS) is 1. The third-order valence-corrected chi connectivity index (χ3v) is 2.11. The Labute approximate surface area is 82.4 Å². The van der Waals surface area contributed by atoms with E-state index in [0.717, 1.165) is 0 Å². The molecule has 1 aromatic rings. The smallest absolute Gasteiger partial charge is 0.335 e. The summed E-state index contributed by atoms with van der Waals surface area (Å²) in [5.74, 6) is -1.03. The predicted molar refractivity (Wildman–Crippen MR) is 52.8 cm³/mol. The molecule has 3 heteroatoms. The van der Waals surface area contributed by atoms with Gasteiger partial charge >= 0.3 is 5.97 Å². The fourth-order valence-corrected chi connectivity index (χ4v) is 1.23. The molecule has 0 aromatic heterocycles. The molecule has 1 aromatic carbocycles. The number of hydrogen-bond donors (Lipinski definition) is 1. The Morgan fingerprint density at radius 1 is 1.36 bits per heavy atom. The first-order valence-electron chi connectivity index (χ1n) is 4.43. The van der Waals surface area contributed by atoms with E-state index in [1.54, 1.807) is 26.0 Å². The minimum atomic E-state index is -0.992. The van der Waals surface area contributed by atoms with Crippen LogP contribution in [0.4, 0.5) is 0 Å². The van der Waals surface area contributed by atoms with Gasteiger partial charge in [0.1, 0.15) is 0 Å². The van der Waals surface area contributed by atoms with Crippen LogP contribution >= 0.6 is 0 Å². The Hall–Kier alpha value is -1.64. The summed E-state index contributed by atoms with van der Waals surface area (Å²) >= 11 is 0. The van der Waals surface area contributed by atoms with Gasteiger partial charge in [-0.2, -0.15) is 0 Å². The molecule has 0 unspecified atom stereocenters. The first-order chi connectivity index (χ1) is 6.56. The van der Waals surface area contributed by atoms with Gasteiger partial charge in [-0.3, -0.25) is 4.79 Å². The van der Waals surface area contributed by atoms with Gasteiger partial charge in [0.2, 0.25) is 0 Å². The van der Waals surface area contributed by atoms with Crippen LogP contribution in [-0.2, 0) is 0 Å². The molecule has 0 atom stereocenters. The van der Waals surface area contributed by atoms with E-state index in [1.165, 1.54) is 6.07 Å². The molecule has 0 heterocycles. The van der Waals surface area contributed by atoms with E-state index in [0.29, 0.717) is 17.5 Å². The van der Waals surface area contributed by atoms with E-state index in [1.807, 2.05) is 0 Å². The summed E-state index contributed by atoms with van der Waals surface area (Å²) in [6.45, 7) is 3.46. The number of Topliss-reactive ketones (excluding diaryl/α,β-unsaturated/α-hetero) is 1. The van der Waals surface area contributed by atoms with Crippen LogP contribution in [0, 0.1) is 6.92 Å². The van der Waals surface area contributed by atoms with Crippen molar-refractivity contribution in [1.29, 1.82) is 0 Å². The highest BCUT2D eigenvalue weighted by atomic mass is 16.4. The minimum absolute atomic E-state index is 0.0347. The van der Waals surface area contributed by atoms with E-state index in [-0.39, 0.29) is 11.3 Å². The second-order valence-corrected chi connectivity index (χ2v) is 3.11. The second-order valence-electron chi connectivity index (χ2n) is 3.11. The standard InChI is InChI=1S/C11H12O3/c1-3-10(12)8-5-4-7(2)9(6-8)11(13)14/h4-6H,3H2,1-2H3,(H,13,14). The maximum atomic E-state index is 11.3. The number of aryl methyl sites for hydroxylation is 1. The molecule has 0 radical (unpaired) electrons. The van der Waals surface area contributed by atoms with Crippen LogP contribution in [0.15, 0.2) is 18.2 Å². The molecule has 0 saturated carbocycles. The molecule has 0 saturated heterocycles. The van der Waals surface area contributed by atoms with Crippen LogP contribution in [0.1, 0.15) is 39.6 Å². The molecule has 3 nitrogen and oxygen atoms in total. The van der Waals surface area contributed by atoms with Crippen LogP contribution < -0.4 is 0 Å². The Morgan fingerprint density at radius 3 is 2.50 bits per heavy atom. The summed E-state index contributed by atoms with van der Waals surface area (Å²) < 4.78 is 0. The van der Waals surface area contributed by atoms with Gasteiger partial charge in [0.05, 0.1) is 5.56 Å². The van der Waals surface area contributed by atoms with Crippen molar-refractivity contribution in [2.75, 3.05) is 0 Å². The molecule has 0 amide bonds. The SMILES string of the molecule is CCC(=O)c1ccc(C)c(C(=O)O)c1. The Morgan fingerprint density at radius 2 is 2.00 bits per heavy atom. The first-order valence-corrected chi connectivity index (χ1v) is 4.43. The monoisotopic (exact) mass is 192 g/mol. The number of benzene rings is 1. The van der Waals surface area contributed by atoms with Crippen molar-refractivity contribution in [1.82, 2.24) is 0 Å². The minimum Gasteiger partial charge on any atom is -0.478 e. The summed E-state index contributed by atoms with van der Waals surface area (Å²) in [7, 11) is 0. The highest BCUT2D eigenvalue weighted by Crippen LogP contribution is 2.12. The van der Waals surface area contributed by atoms with Gasteiger partial charge < -0.3 is 5.11 Å². The zero-order chi connectivity index (χ0) is 10.7. The molecular formula is C11H12O3. The summed E-state index contributed by atoms with van der Waals surface area (Å²) in [6, 6.07) is 4.75. The van der Waals surface area contributed by atoms with Crippen molar-refractivity contribution in [2.45, 2.75) is 20.3 Å². The molecule has 1 N–H and O–H groups in total. The molecule has 0 aliphatic carbocycles. The fourth-order valence-electron chi connectivity index (χ4n) is 1.23. The van der Waals surface area contributed by atoms with Gasteiger partial charge in [-0.05, 0) is 18.6 Å². The lowest BCUT2D eigenvalue weighted by Crippen LogP contribution is -2.04. The van der Waals surface area contributed by atoms with Crippen LogP contribution in [0.5, 0.6) is 0 Å². The molecule has 14 heavy (non-hydrogen) atoms. The van der Waals surface area contributed by atoms with Gasteiger partial charge in [0.15, 0.2) is 5.78 Å². The van der Waals surface area contributed by atoms with E-state index in [4.69, 9.17) is 5.11 Å². The van der Waals surface area contributed by atoms with E-state index < -0.39 is 5.97 Å². The van der Waals surface area contributed by atoms with Crippen molar-refractivity contribution < 1.29 is 14.7 Å². The number of carboxylic acids is 1. The van der Waals surface area contributed by atoms with Crippen molar-refractivity contribution in [3.05, 3.63) is 34.9 Å². The van der Waals surface area contributed by atoms with Crippen LogP contribution in [-0.4, -0.2) is 16.9 Å². The summed E-state index contributed by atoms with van der Waals surface area (Å²) in [5, 5.41) is 8.83. The lowest BCUT2D eigenvalue weighted by Gasteiger charge is -2.03. The molecule has 0 aliphatic heterocycles. The second kappa shape index (κ2) is 4.05. The van der Waals surface area contributed by atoms with E-state index in [9.17, 15) is 9.59 Å². The van der Waals surface area contributed by atoms with Gasteiger partial charge in [-0.25, -0.2) is 4.79 Å². The zero-order valence-corrected chi connectivity index (χ0v) is 8.20. The Bertz CT molecular complexity index is 380. The quantitative estimate of drug-likeness (QED) is 0.747. The van der Waals surface area contributed by atoms with Gasteiger partial charge in [0.25, 0.3) is 0 Å². The third-order valence-electron chi connectivity index (χ3n) is 2.11. The number of rotatable bonds is 3. The molecule has 0 bridgehead atoms. The maximum Gasteiger partial charge on any atom is 0.335 e. The number of ketones is 1. The zero-order valence-electron chi connectivity index (χ0n) is 8.20. The Balaban J connectivity index is 3.19. The van der Waals surface area contributed by atoms with Gasteiger partial charge in [-0.15, -0.1) is 0 Å². The molecule has 1 rings (SSSR count).